The van der Waals surface area contributed by atoms with Gasteiger partial charge in [0.2, 0.25) is 10.0 Å². The van der Waals surface area contributed by atoms with Crippen molar-refractivity contribution < 1.29 is 13.5 Å². The summed E-state index contributed by atoms with van der Waals surface area (Å²) in [7, 11) is -3.54. The summed E-state index contributed by atoms with van der Waals surface area (Å²) in [5.74, 6) is 1.11. The van der Waals surface area contributed by atoms with Gasteiger partial charge in [-0.25, -0.2) is 13.1 Å². The van der Waals surface area contributed by atoms with Crippen LogP contribution in [0.4, 0.5) is 0 Å². The van der Waals surface area contributed by atoms with Crippen molar-refractivity contribution in [3.8, 4) is 0 Å². The van der Waals surface area contributed by atoms with Crippen LogP contribution in [-0.4, -0.2) is 32.1 Å². The maximum atomic E-state index is 12.3. The van der Waals surface area contributed by atoms with E-state index in [-0.39, 0.29) is 11.5 Å². The van der Waals surface area contributed by atoms with Crippen LogP contribution in [0.2, 0.25) is 0 Å². The molecular formula is C14H22BrNO3S2. The fraction of sp³-hybridized carbons (Fsp3) is 0.571. The van der Waals surface area contributed by atoms with Crippen molar-refractivity contribution in [3.63, 3.8) is 0 Å². The average molecular weight is 396 g/mol. The Kier molecular flexibility index (Phi) is 8.26. The van der Waals surface area contributed by atoms with E-state index in [1.165, 1.54) is 6.07 Å². The highest BCUT2D eigenvalue weighted by Gasteiger charge is 2.18. The number of aliphatic hydroxyl groups excluding tert-OH is 1. The van der Waals surface area contributed by atoms with Gasteiger partial charge in [-0.3, -0.25) is 0 Å². The summed E-state index contributed by atoms with van der Waals surface area (Å²) in [5.41, 5.74) is 1.23. The van der Waals surface area contributed by atoms with Crippen molar-refractivity contribution in [3.05, 3.63) is 27.7 Å². The number of nitrogens with one attached hydrogen (secondary N) is 1. The van der Waals surface area contributed by atoms with E-state index in [1.807, 2.05) is 0 Å². The molecule has 0 aromatic heterocycles. The lowest BCUT2D eigenvalue weighted by Crippen LogP contribution is -2.25. The van der Waals surface area contributed by atoms with Crippen LogP contribution in [0.3, 0.4) is 0 Å². The number of thioether (sulfide) groups is 1. The second-order valence-electron chi connectivity index (χ2n) is 4.81. The quantitative estimate of drug-likeness (QED) is 0.630. The molecule has 0 atom stereocenters. The normalized spacial score (nSPS) is 11.8. The Bertz CT molecular complexity index is 562. The topological polar surface area (TPSA) is 66.4 Å². The monoisotopic (exact) mass is 395 g/mol. The molecule has 0 unspecified atom stereocenters. The highest BCUT2D eigenvalue weighted by atomic mass is 79.9. The van der Waals surface area contributed by atoms with Crippen LogP contribution in [0, 0.1) is 6.92 Å². The first kappa shape index (κ1) is 19.0. The molecule has 0 spiro atoms. The van der Waals surface area contributed by atoms with Gasteiger partial charge in [-0.05, 0) is 55.0 Å². The standard InChI is InChI=1S/C14H22BrNO3S2/c1-11-13(15)8-12(10-17)9-14(11)21(18,19)16-6-4-3-5-7-20-2/h8-9,16-17H,3-7,10H2,1-2H3. The number of hydrogen-bond donors (Lipinski definition) is 2. The maximum Gasteiger partial charge on any atom is 0.240 e. The van der Waals surface area contributed by atoms with Crippen molar-refractivity contribution in [1.82, 2.24) is 4.72 Å². The summed E-state index contributed by atoms with van der Waals surface area (Å²) in [6.45, 7) is 2.01. The van der Waals surface area contributed by atoms with Crippen molar-refractivity contribution in [2.24, 2.45) is 0 Å². The van der Waals surface area contributed by atoms with Gasteiger partial charge >= 0.3 is 0 Å². The second-order valence-corrected chi connectivity index (χ2v) is 8.39. The Morgan fingerprint density at radius 2 is 2.00 bits per heavy atom. The molecule has 0 saturated carbocycles. The number of benzene rings is 1. The molecule has 7 heteroatoms. The zero-order valence-electron chi connectivity index (χ0n) is 12.4. The molecule has 0 bridgehead atoms. The molecule has 0 saturated heterocycles. The van der Waals surface area contributed by atoms with Crippen molar-refractivity contribution in [2.75, 3.05) is 18.6 Å². The molecule has 0 aliphatic carbocycles. The first-order valence-electron chi connectivity index (χ1n) is 6.81. The van der Waals surface area contributed by atoms with E-state index in [9.17, 15) is 13.5 Å². The van der Waals surface area contributed by atoms with Gasteiger partial charge in [0.25, 0.3) is 0 Å². The van der Waals surface area contributed by atoms with Gasteiger partial charge in [-0.15, -0.1) is 0 Å². The van der Waals surface area contributed by atoms with E-state index >= 15 is 0 Å². The molecule has 0 radical (unpaired) electrons. The summed E-state index contributed by atoms with van der Waals surface area (Å²) in [5, 5.41) is 9.20. The van der Waals surface area contributed by atoms with Gasteiger partial charge in [0, 0.05) is 11.0 Å². The Hall–Kier alpha value is -0.0800. The molecule has 0 aliphatic rings. The first-order valence-corrected chi connectivity index (χ1v) is 10.5. The third-order valence-corrected chi connectivity index (χ3v) is 6.25. The molecule has 0 fully saturated rings. The molecule has 0 aliphatic heterocycles. The number of sulfonamides is 1. The van der Waals surface area contributed by atoms with Crippen LogP contribution in [0.1, 0.15) is 30.4 Å². The number of halogens is 1. The van der Waals surface area contributed by atoms with Gasteiger partial charge < -0.3 is 5.11 Å². The molecule has 2 N–H and O–H groups in total. The summed E-state index contributed by atoms with van der Waals surface area (Å²) >= 11 is 5.14. The third-order valence-electron chi connectivity index (χ3n) is 3.15. The minimum Gasteiger partial charge on any atom is -0.392 e. The predicted octanol–water partition coefficient (Wildman–Crippen LogP) is 3.06. The van der Waals surface area contributed by atoms with E-state index < -0.39 is 10.0 Å². The van der Waals surface area contributed by atoms with Crippen molar-refractivity contribution >= 4 is 37.7 Å². The lowest BCUT2D eigenvalue weighted by molar-refractivity contribution is 0.281. The van der Waals surface area contributed by atoms with Crippen LogP contribution in [-0.2, 0) is 16.6 Å². The van der Waals surface area contributed by atoms with Crippen LogP contribution in [0.25, 0.3) is 0 Å². The smallest absolute Gasteiger partial charge is 0.240 e. The zero-order valence-corrected chi connectivity index (χ0v) is 15.6. The predicted molar refractivity (Wildman–Crippen MR) is 92.2 cm³/mol. The van der Waals surface area contributed by atoms with Gasteiger partial charge in [0.15, 0.2) is 0 Å². The SMILES string of the molecule is CSCCCCCNS(=O)(=O)c1cc(CO)cc(Br)c1C. The van der Waals surface area contributed by atoms with Crippen molar-refractivity contribution in [2.45, 2.75) is 37.7 Å². The van der Waals surface area contributed by atoms with Crippen LogP contribution >= 0.6 is 27.7 Å². The summed E-state index contributed by atoms with van der Waals surface area (Å²) in [6.07, 6.45) is 5.02. The summed E-state index contributed by atoms with van der Waals surface area (Å²) in [6, 6.07) is 3.26. The van der Waals surface area contributed by atoms with E-state index in [0.717, 1.165) is 25.0 Å². The molecule has 1 aromatic rings. The Morgan fingerprint density at radius 1 is 1.29 bits per heavy atom. The molecule has 1 rings (SSSR count). The minimum atomic E-state index is -3.54. The molecule has 4 nitrogen and oxygen atoms in total. The maximum absolute atomic E-state index is 12.3. The molecule has 0 heterocycles. The van der Waals surface area contributed by atoms with Crippen LogP contribution in [0.15, 0.2) is 21.5 Å². The number of rotatable bonds is 9. The molecule has 120 valence electrons. The average Bonchev–Trinajstić information content (AvgIpc) is 2.45. The van der Waals surface area contributed by atoms with E-state index in [4.69, 9.17) is 0 Å². The van der Waals surface area contributed by atoms with E-state index in [1.54, 1.807) is 24.8 Å². The largest absolute Gasteiger partial charge is 0.392 e. The molecule has 21 heavy (non-hydrogen) atoms. The number of hydrogen-bond acceptors (Lipinski definition) is 4. The Labute approximate surface area is 139 Å². The summed E-state index contributed by atoms with van der Waals surface area (Å²) < 4.78 is 28.0. The first-order chi connectivity index (χ1) is 9.92. The zero-order chi connectivity index (χ0) is 15.9. The Balaban J connectivity index is 2.72. The fourth-order valence-corrected chi connectivity index (χ4v) is 4.43. The second kappa shape index (κ2) is 9.15. The highest BCUT2D eigenvalue weighted by molar-refractivity contribution is 9.10. The van der Waals surface area contributed by atoms with Gasteiger partial charge in [0.1, 0.15) is 0 Å². The number of aliphatic hydroxyl groups is 1. The Morgan fingerprint density at radius 3 is 2.62 bits per heavy atom. The van der Waals surface area contributed by atoms with Crippen LogP contribution in [0.5, 0.6) is 0 Å². The minimum absolute atomic E-state index is 0.184. The molecular weight excluding hydrogens is 374 g/mol. The van der Waals surface area contributed by atoms with Gasteiger partial charge in [-0.2, -0.15) is 11.8 Å². The lowest BCUT2D eigenvalue weighted by atomic mass is 10.2. The van der Waals surface area contributed by atoms with E-state index in [0.29, 0.717) is 22.1 Å². The van der Waals surface area contributed by atoms with Crippen molar-refractivity contribution in [1.29, 1.82) is 0 Å². The third kappa shape index (κ3) is 5.90. The van der Waals surface area contributed by atoms with Gasteiger partial charge in [-0.1, -0.05) is 22.4 Å². The molecule has 1 aromatic carbocycles. The van der Waals surface area contributed by atoms with E-state index in [2.05, 4.69) is 26.9 Å². The molecule has 0 amide bonds. The van der Waals surface area contributed by atoms with Crippen LogP contribution < -0.4 is 4.72 Å². The number of unbranched alkanes of at least 4 members (excludes halogenated alkanes) is 2. The fourth-order valence-electron chi connectivity index (χ4n) is 1.91. The lowest BCUT2D eigenvalue weighted by Gasteiger charge is -2.12. The highest BCUT2D eigenvalue weighted by Crippen LogP contribution is 2.25. The van der Waals surface area contributed by atoms with Gasteiger partial charge in [0.05, 0.1) is 11.5 Å². The summed E-state index contributed by atoms with van der Waals surface area (Å²) in [4.78, 5) is 0.227.